The van der Waals surface area contributed by atoms with Gasteiger partial charge in [0.25, 0.3) is 0 Å². The lowest BCUT2D eigenvalue weighted by Gasteiger charge is -2.26. The third-order valence-electron chi connectivity index (χ3n) is 6.10. The number of rotatable bonds is 8. The summed E-state index contributed by atoms with van der Waals surface area (Å²) in [5.41, 5.74) is 4.36. The molecule has 8 heteroatoms. The van der Waals surface area contributed by atoms with Crippen molar-refractivity contribution >= 4 is 29.9 Å². The molecule has 1 saturated heterocycles. The number of likely N-dealkylation sites (tertiary alicyclic amines) is 1. The molecule has 1 unspecified atom stereocenters. The molecule has 178 valence electrons. The normalized spacial score (nSPS) is 15.3. The fourth-order valence-corrected chi connectivity index (χ4v) is 4.36. The summed E-state index contributed by atoms with van der Waals surface area (Å²) in [5, 5.41) is 11.7. The SMILES string of the molecule is CCNC(=NCc1c(C)nn(-c2ccccc2)c1C)NCC(c1ccco1)N1CCCC1.I. The van der Waals surface area contributed by atoms with Crippen LogP contribution in [0.1, 0.15) is 48.5 Å². The van der Waals surface area contributed by atoms with Gasteiger partial charge in [0.05, 0.1) is 30.2 Å². The van der Waals surface area contributed by atoms with Crippen LogP contribution in [0.2, 0.25) is 0 Å². The highest BCUT2D eigenvalue weighted by molar-refractivity contribution is 14.0. The highest BCUT2D eigenvalue weighted by Crippen LogP contribution is 2.25. The van der Waals surface area contributed by atoms with E-state index in [4.69, 9.17) is 14.5 Å². The molecule has 0 bridgehead atoms. The number of furan rings is 1. The number of hydrogen-bond acceptors (Lipinski definition) is 4. The fraction of sp³-hybridized carbons (Fsp3) is 0.440. The van der Waals surface area contributed by atoms with Crippen molar-refractivity contribution in [2.75, 3.05) is 26.2 Å². The molecule has 33 heavy (non-hydrogen) atoms. The van der Waals surface area contributed by atoms with Crippen LogP contribution in [0, 0.1) is 13.8 Å². The first-order valence-corrected chi connectivity index (χ1v) is 11.6. The highest BCUT2D eigenvalue weighted by Gasteiger charge is 2.25. The Bertz CT molecular complexity index is 1010. The van der Waals surface area contributed by atoms with E-state index in [0.717, 1.165) is 60.5 Å². The molecule has 0 spiro atoms. The molecule has 0 amide bonds. The standard InChI is InChI=1S/C25H34N6O.HI/c1-4-26-25(28-18-23(24-13-10-16-32-24)30-14-8-9-15-30)27-17-22-19(2)29-31(20(22)3)21-11-6-5-7-12-21;/h5-7,10-13,16,23H,4,8-9,14-15,17-18H2,1-3H3,(H2,26,27,28);1H. The second-order valence-corrected chi connectivity index (χ2v) is 8.25. The van der Waals surface area contributed by atoms with Crippen LogP contribution in [0.15, 0.2) is 58.1 Å². The molecule has 2 N–H and O–H groups in total. The van der Waals surface area contributed by atoms with Gasteiger partial charge in [0.1, 0.15) is 5.76 Å². The quantitative estimate of drug-likeness (QED) is 0.239. The van der Waals surface area contributed by atoms with Crippen molar-refractivity contribution < 1.29 is 4.42 Å². The Hall–Kier alpha value is -2.33. The fourth-order valence-electron chi connectivity index (χ4n) is 4.36. The monoisotopic (exact) mass is 562 g/mol. The van der Waals surface area contributed by atoms with Crippen LogP contribution < -0.4 is 10.6 Å². The van der Waals surface area contributed by atoms with Crippen LogP contribution in [-0.2, 0) is 6.54 Å². The molecule has 3 aromatic rings. The average Bonchev–Trinajstić information content (AvgIpc) is 3.57. The Balaban J connectivity index is 0.00000306. The van der Waals surface area contributed by atoms with Gasteiger partial charge in [-0.1, -0.05) is 18.2 Å². The predicted octanol–water partition coefficient (Wildman–Crippen LogP) is 4.59. The lowest BCUT2D eigenvalue weighted by atomic mass is 10.2. The first kappa shape index (κ1) is 25.3. The molecule has 3 heterocycles. The summed E-state index contributed by atoms with van der Waals surface area (Å²) >= 11 is 0. The molecule has 1 fully saturated rings. The van der Waals surface area contributed by atoms with Crippen molar-refractivity contribution in [3.05, 3.63) is 71.4 Å². The number of guanidine groups is 1. The van der Waals surface area contributed by atoms with E-state index in [9.17, 15) is 0 Å². The predicted molar refractivity (Wildman–Crippen MR) is 144 cm³/mol. The largest absolute Gasteiger partial charge is 0.468 e. The molecule has 1 aliphatic rings. The van der Waals surface area contributed by atoms with E-state index in [1.54, 1.807) is 6.26 Å². The van der Waals surface area contributed by atoms with E-state index in [0.29, 0.717) is 6.54 Å². The molecule has 1 atom stereocenters. The van der Waals surface area contributed by atoms with Crippen molar-refractivity contribution in [1.29, 1.82) is 0 Å². The number of aliphatic imine (C=N–C) groups is 1. The summed E-state index contributed by atoms with van der Waals surface area (Å²) < 4.78 is 7.75. The maximum atomic E-state index is 5.75. The number of hydrogen-bond donors (Lipinski definition) is 2. The maximum absolute atomic E-state index is 5.75. The lowest BCUT2D eigenvalue weighted by molar-refractivity contribution is 0.215. The molecule has 1 aliphatic heterocycles. The maximum Gasteiger partial charge on any atom is 0.191 e. The molecule has 7 nitrogen and oxygen atoms in total. The third kappa shape index (κ3) is 6.17. The molecule has 4 rings (SSSR count). The first-order chi connectivity index (χ1) is 15.7. The van der Waals surface area contributed by atoms with Crippen molar-refractivity contribution in [1.82, 2.24) is 25.3 Å². The number of nitrogens with one attached hydrogen (secondary N) is 2. The van der Waals surface area contributed by atoms with Gasteiger partial charge < -0.3 is 15.1 Å². The second kappa shape index (κ2) is 12.2. The minimum atomic E-state index is 0. The summed E-state index contributed by atoms with van der Waals surface area (Å²) in [6, 6.07) is 14.5. The third-order valence-corrected chi connectivity index (χ3v) is 6.10. The Morgan fingerprint density at radius 3 is 2.52 bits per heavy atom. The molecule has 1 aromatic carbocycles. The number of para-hydroxylation sites is 1. The number of aryl methyl sites for hydroxylation is 1. The smallest absolute Gasteiger partial charge is 0.191 e. The minimum absolute atomic E-state index is 0. The molecule has 0 saturated carbocycles. The van der Waals surface area contributed by atoms with Crippen LogP contribution >= 0.6 is 24.0 Å². The van der Waals surface area contributed by atoms with E-state index in [1.807, 2.05) is 28.9 Å². The Labute approximate surface area is 213 Å². The Morgan fingerprint density at radius 1 is 1.09 bits per heavy atom. The van der Waals surface area contributed by atoms with Crippen molar-refractivity contribution in [2.24, 2.45) is 4.99 Å². The summed E-state index contributed by atoms with van der Waals surface area (Å²) in [6.07, 6.45) is 4.25. The molecule has 0 aliphatic carbocycles. The van der Waals surface area contributed by atoms with Gasteiger partial charge in [0.2, 0.25) is 0 Å². The van der Waals surface area contributed by atoms with E-state index in [1.165, 1.54) is 12.8 Å². The van der Waals surface area contributed by atoms with E-state index >= 15 is 0 Å². The minimum Gasteiger partial charge on any atom is -0.468 e. The van der Waals surface area contributed by atoms with E-state index in [-0.39, 0.29) is 30.0 Å². The zero-order chi connectivity index (χ0) is 22.3. The zero-order valence-electron chi connectivity index (χ0n) is 19.8. The van der Waals surface area contributed by atoms with Gasteiger partial charge in [-0.3, -0.25) is 4.90 Å². The molecular weight excluding hydrogens is 527 g/mol. The Morgan fingerprint density at radius 2 is 1.85 bits per heavy atom. The number of nitrogens with zero attached hydrogens (tertiary/aromatic N) is 4. The highest BCUT2D eigenvalue weighted by atomic mass is 127. The van der Waals surface area contributed by atoms with Gasteiger partial charge in [0, 0.05) is 24.3 Å². The Kier molecular flexibility index (Phi) is 9.37. The van der Waals surface area contributed by atoms with Crippen LogP contribution in [0.5, 0.6) is 0 Å². The van der Waals surface area contributed by atoms with Crippen LogP contribution in [0.4, 0.5) is 0 Å². The lowest BCUT2D eigenvalue weighted by Crippen LogP contribution is -2.42. The van der Waals surface area contributed by atoms with Crippen LogP contribution in [-0.4, -0.2) is 46.8 Å². The first-order valence-electron chi connectivity index (χ1n) is 11.6. The molecular formula is C25H35IN6O. The van der Waals surface area contributed by atoms with Crippen LogP contribution in [0.25, 0.3) is 5.69 Å². The number of benzene rings is 1. The van der Waals surface area contributed by atoms with Gasteiger partial charge in [-0.25, -0.2) is 9.67 Å². The summed E-state index contributed by atoms with van der Waals surface area (Å²) in [7, 11) is 0. The summed E-state index contributed by atoms with van der Waals surface area (Å²) in [4.78, 5) is 7.38. The molecule has 0 radical (unpaired) electrons. The van der Waals surface area contributed by atoms with Crippen molar-refractivity contribution in [3.63, 3.8) is 0 Å². The van der Waals surface area contributed by atoms with Gasteiger partial charge in [-0.15, -0.1) is 24.0 Å². The van der Waals surface area contributed by atoms with Gasteiger partial charge >= 0.3 is 0 Å². The summed E-state index contributed by atoms with van der Waals surface area (Å²) in [6.45, 7) is 10.6. The summed E-state index contributed by atoms with van der Waals surface area (Å²) in [5.74, 6) is 1.82. The average molecular weight is 563 g/mol. The van der Waals surface area contributed by atoms with Crippen molar-refractivity contribution in [2.45, 2.75) is 46.2 Å². The number of halogens is 1. The zero-order valence-corrected chi connectivity index (χ0v) is 22.1. The van der Waals surface area contributed by atoms with E-state index < -0.39 is 0 Å². The van der Waals surface area contributed by atoms with Crippen molar-refractivity contribution in [3.8, 4) is 5.69 Å². The van der Waals surface area contributed by atoms with Crippen LogP contribution in [0.3, 0.4) is 0 Å². The van der Waals surface area contributed by atoms with Gasteiger partial charge in [0.15, 0.2) is 5.96 Å². The molecule has 2 aromatic heterocycles. The van der Waals surface area contributed by atoms with Gasteiger partial charge in [-0.2, -0.15) is 5.10 Å². The topological polar surface area (TPSA) is 70.6 Å². The van der Waals surface area contributed by atoms with E-state index in [2.05, 4.69) is 54.5 Å². The second-order valence-electron chi connectivity index (χ2n) is 8.25. The number of aromatic nitrogens is 2. The van der Waals surface area contributed by atoms with Gasteiger partial charge in [-0.05, 0) is 71.0 Å².